The van der Waals surface area contributed by atoms with E-state index in [0.717, 1.165) is 5.75 Å². The maximum absolute atomic E-state index is 12.1. The molecule has 1 amide bonds. The second kappa shape index (κ2) is 8.73. The van der Waals surface area contributed by atoms with Crippen LogP contribution in [0.3, 0.4) is 0 Å². The molecule has 0 saturated carbocycles. The minimum absolute atomic E-state index is 0.0713. The van der Waals surface area contributed by atoms with Crippen LogP contribution in [0.15, 0.2) is 30.3 Å². The molecule has 1 fully saturated rings. The Morgan fingerprint density at radius 2 is 2.05 bits per heavy atom. The minimum atomic E-state index is -0.636. The molecule has 0 bridgehead atoms. The lowest BCUT2D eigenvalue weighted by molar-refractivity contribution is -0.136. The highest BCUT2D eigenvalue weighted by molar-refractivity contribution is 5.78. The third kappa shape index (κ3) is 5.63. The Morgan fingerprint density at radius 3 is 2.73 bits per heavy atom. The lowest BCUT2D eigenvalue weighted by atomic mass is 10.3. The number of carbonyl (C=O) groups excluding carboxylic acids is 1. The Hall–Kier alpha value is -1.63. The van der Waals surface area contributed by atoms with Gasteiger partial charge in [-0.15, -0.1) is 0 Å². The van der Waals surface area contributed by atoms with Crippen LogP contribution in [-0.4, -0.2) is 80.0 Å². The number of benzene rings is 1. The zero-order valence-corrected chi connectivity index (χ0v) is 13.0. The van der Waals surface area contributed by atoms with Crippen LogP contribution in [0.5, 0.6) is 5.75 Å². The summed E-state index contributed by atoms with van der Waals surface area (Å²) in [5.41, 5.74) is 0. The van der Waals surface area contributed by atoms with Gasteiger partial charge >= 0.3 is 0 Å². The molecule has 1 unspecified atom stereocenters. The summed E-state index contributed by atoms with van der Waals surface area (Å²) in [5.74, 6) is 0.801. The third-order valence-electron chi connectivity index (χ3n) is 3.48. The molecule has 1 aromatic carbocycles. The van der Waals surface area contributed by atoms with Crippen LogP contribution in [0.4, 0.5) is 0 Å². The molecule has 1 heterocycles. The van der Waals surface area contributed by atoms with E-state index in [9.17, 15) is 9.90 Å². The SMILES string of the molecule is CN(CC(=O)N1CCOCC1)CC(O)COc1ccccc1. The highest BCUT2D eigenvalue weighted by Crippen LogP contribution is 2.08. The second-order valence-electron chi connectivity index (χ2n) is 5.47. The van der Waals surface area contributed by atoms with E-state index in [1.807, 2.05) is 42.3 Å². The lowest BCUT2D eigenvalue weighted by Gasteiger charge is -2.29. The number of rotatable bonds is 7. The molecule has 22 heavy (non-hydrogen) atoms. The van der Waals surface area contributed by atoms with E-state index in [1.54, 1.807) is 4.90 Å². The molecule has 2 rings (SSSR count). The molecule has 0 radical (unpaired) electrons. The van der Waals surface area contributed by atoms with Crippen LogP contribution in [0.2, 0.25) is 0 Å². The smallest absolute Gasteiger partial charge is 0.236 e. The van der Waals surface area contributed by atoms with Gasteiger partial charge in [-0.1, -0.05) is 18.2 Å². The van der Waals surface area contributed by atoms with Crippen LogP contribution < -0.4 is 4.74 Å². The molecule has 1 aliphatic rings. The number of amides is 1. The Morgan fingerprint density at radius 1 is 1.36 bits per heavy atom. The molecule has 1 aromatic rings. The van der Waals surface area contributed by atoms with Crippen LogP contribution in [0, 0.1) is 0 Å². The Bertz CT molecular complexity index is 449. The van der Waals surface area contributed by atoms with Gasteiger partial charge in [-0.2, -0.15) is 0 Å². The molecule has 6 nitrogen and oxygen atoms in total. The van der Waals surface area contributed by atoms with E-state index in [1.165, 1.54) is 0 Å². The van der Waals surface area contributed by atoms with E-state index < -0.39 is 6.10 Å². The van der Waals surface area contributed by atoms with E-state index in [-0.39, 0.29) is 12.5 Å². The summed E-state index contributed by atoms with van der Waals surface area (Å²) in [6, 6.07) is 9.37. The standard InChI is InChI=1S/C16H24N2O4/c1-17(12-16(20)18-7-9-21-10-8-18)11-14(19)13-22-15-5-3-2-4-6-15/h2-6,14,19H,7-13H2,1H3. The molecule has 0 spiro atoms. The third-order valence-corrected chi connectivity index (χ3v) is 3.48. The van der Waals surface area contributed by atoms with Crippen LogP contribution in [-0.2, 0) is 9.53 Å². The molecular weight excluding hydrogens is 284 g/mol. The van der Waals surface area contributed by atoms with Gasteiger partial charge in [0.25, 0.3) is 0 Å². The van der Waals surface area contributed by atoms with Gasteiger partial charge in [-0.25, -0.2) is 0 Å². The number of hydrogen-bond donors (Lipinski definition) is 1. The van der Waals surface area contributed by atoms with Crippen molar-refractivity contribution in [2.24, 2.45) is 0 Å². The van der Waals surface area contributed by atoms with Gasteiger partial charge < -0.3 is 19.5 Å². The molecular formula is C16H24N2O4. The maximum atomic E-state index is 12.1. The van der Waals surface area contributed by atoms with Gasteiger partial charge in [-0.3, -0.25) is 9.69 Å². The normalized spacial score (nSPS) is 16.6. The van der Waals surface area contributed by atoms with Gasteiger partial charge in [0.15, 0.2) is 0 Å². The number of para-hydroxylation sites is 1. The summed E-state index contributed by atoms with van der Waals surface area (Å²) in [6.45, 7) is 3.39. The summed E-state index contributed by atoms with van der Waals surface area (Å²) in [5, 5.41) is 9.99. The van der Waals surface area contributed by atoms with Crippen molar-refractivity contribution in [2.75, 3.05) is 53.0 Å². The van der Waals surface area contributed by atoms with Crippen molar-refractivity contribution < 1.29 is 19.4 Å². The van der Waals surface area contributed by atoms with E-state index in [4.69, 9.17) is 9.47 Å². The number of carbonyl (C=O) groups is 1. The first-order valence-corrected chi connectivity index (χ1v) is 7.55. The fourth-order valence-corrected chi connectivity index (χ4v) is 2.33. The van der Waals surface area contributed by atoms with E-state index in [0.29, 0.717) is 39.4 Å². The van der Waals surface area contributed by atoms with Crippen LogP contribution >= 0.6 is 0 Å². The van der Waals surface area contributed by atoms with Crippen LogP contribution in [0.1, 0.15) is 0 Å². The number of hydrogen-bond acceptors (Lipinski definition) is 5. The van der Waals surface area contributed by atoms with Crippen molar-refractivity contribution in [1.29, 1.82) is 0 Å². The zero-order valence-electron chi connectivity index (χ0n) is 13.0. The first-order valence-electron chi connectivity index (χ1n) is 7.55. The summed E-state index contributed by atoms with van der Waals surface area (Å²) >= 11 is 0. The number of nitrogens with zero attached hydrogens (tertiary/aromatic N) is 2. The lowest BCUT2D eigenvalue weighted by Crippen LogP contribution is -2.46. The maximum Gasteiger partial charge on any atom is 0.236 e. The molecule has 0 aromatic heterocycles. The fraction of sp³-hybridized carbons (Fsp3) is 0.562. The monoisotopic (exact) mass is 308 g/mol. The number of likely N-dealkylation sites (N-methyl/N-ethyl adjacent to an activating group) is 1. The van der Waals surface area contributed by atoms with Gasteiger partial charge in [0, 0.05) is 19.6 Å². The number of aliphatic hydroxyl groups excluding tert-OH is 1. The number of ether oxygens (including phenoxy) is 2. The quantitative estimate of drug-likeness (QED) is 0.780. The van der Waals surface area contributed by atoms with E-state index in [2.05, 4.69) is 0 Å². The van der Waals surface area contributed by atoms with Crippen molar-refractivity contribution >= 4 is 5.91 Å². The second-order valence-corrected chi connectivity index (χ2v) is 5.47. The number of morpholine rings is 1. The molecule has 122 valence electrons. The summed E-state index contributed by atoms with van der Waals surface area (Å²) < 4.78 is 10.7. The fourth-order valence-electron chi connectivity index (χ4n) is 2.33. The molecule has 1 atom stereocenters. The summed E-state index contributed by atoms with van der Waals surface area (Å²) in [7, 11) is 1.82. The topological polar surface area (TPSA) is 62.2 Å². The molecule has 1 saturated heterocycles. The van der Waals surface area contributed by atoms with Crippen molar-refractivity contribution in [2.45, 2.75) is 6.10 Å². The van der Waals surface area contributed by atoms with Crippen molar-refractivity contribution in [3.8, 4) is 5.75 Å². The van der Waals surface area contributed by atoms with Crippen LogP contribution in [0.25, 0.3) is 0 Å². The first kappa shape index (κ1) is 16.7. The summed E-state index contributed by atoms with van der Waals surface area (Å²) in [4.78, 5) is 15.7. The minimum Gasteiger partial charge on any atom is -0.491 e. The predicted octanol–water partition coefficient (Wildman–Crippen LogP) is 0.217. The Balaban J connectivity index is 1.67. The zero-order chi connectivity index (χ0) is 15.8. The average Bonchev–Trinajstić information content (AvgIpc) is 2.54. The van der Waals surface area contributed by atoms with E-state index >= 15 is 0 Å². The average molecular weight is 308 g/mol. The highest BCUT2D eigenvalue weighted by atomic mass is 16.5. The molecule has 0 aliphatic carbocycles. The van der Waals surface area contributed by atoms with Crippen molar-refractivity contribution in [1.82, 2.24) is 9.80 Å². The van der Waals surface area contributed by atoms with Crippen molar-refractivity contribution in [3.05, 3.63) is 30.3 Å². The predicted molar refractivity (Wildman–Crippen MR) is 82.8 cm³/mol. The summed E-state index contributed by atoms with van der Waals surface area (Å²) in [6.07, 6.45) is -0.636. The van der Waals surface area contributed by atoms with Gasteiger partial charge in [0.05, 0.1) is 19.8 Å². The molecule has 6 heteroatoms. The first-order chi connectivity index (χ1) is 10.6. The Kier molecular flexibility index (Phi) is 6.64. The van der Waals surface area contributed by atoms with Gasteiger partial charge in [-0.05, 0) is 19.2 Å². The van der Waals surface area contributed by atoms with Crippen molar-refractivity contribution in [3.63, 3.8) is 0 Å². The molecule has 1 aliphatic heterocycles. The molecule has 1 N–H and O–H groups in total. The number of aliphatic hydroxyl groups is 1. The largest absolute Gasteiger partial charge is 0.491 e. The Labute approximate surface area is 131 Å². The van der Waals surface area contributed by atoms with Gasteiger partial charge in [0.2, 0.25) is 5.91 Å². The van der Waals surface area contributed by atoms with Gasteiger partial charge in [0.1, 0.15) is 18.5 Å². The highest BCUT2D eigenvalue weighted by Gasteiger charge is 2.19.